The van der Waals surface area contributed by atoms with Crippen LogP contribution < -0.4 is 0 Å². The normalized spacial score (nSPS) is 11.1. The van der Waals surface area contributed by atoms with E-state index in [-0.39, 0.29) is 5.56 Å². The number of thiophene rings is 1. The molecule has 0 radical (unpaired) electrons. The lowest BCUT2D eigenvalue weighted by atomic mass is 10.1. The van der Waals surface area contributed by atoms with Gasteiger partial charge >= 0.3 is 5.97 Å². The molecule has 1 aromatic carbocycles. The van der Waals surface area contributed by atoms with Crippen LogP contribution in [0.15, 0.2) is 30.3 Å². The Bertz CT molecular complexity index is 662. The van der Waals surface area contributed by atoms with Gasteiger partial charge in [0.2, 0.25) is 0 Å². The third-order valence-corrected chi connectivity index (χ3v) is 3.36. The zero-order valence-corrected chi connectivity index (χ0v) is 10.2. The highest BCUT2D eigenvalue weighted by Gasteiger charge is 2.14. The number of carbonyl (C=O) groups is 1. The fourth-order valence-corrected chi connectivity index (χ4v) is 2.40. The van der Waals surface area contributed by atoms with Crippen LogP contribution in [0.5, 0.6) is 0 Å². The Morgan fingerprint density at radius 2 is 1.95 bits per heavy atom. The van der Waals surface area contributed by atoms with Crippen molar-refractivity contribution in [2.45, 2.75) is 0 Å². The first kappa shape index (κ1) is 13.4. The van der Waals surface area contributed by atoms with Gasteiger partial charge in [0.05, 0.1) is 0 Å². The fraction of sp³-hybridized carbons (Fsp3) is 0. The largest absolute Gasteiger partial charge is 0.478 e. The molecule has 1 aromatic heterocycles. The average molecular weight is 284 g/mol. The van der Waals surface area contributed by atoms with Crippen LogP contribution in [0, 0.1) is 17.5 Å². The maximum Gasteiger partial charge on any atom is 0.328 e. The summed E-state index contributed by atoms with van der Waals surface area (Å²) in [7, 11) is 0. The first-order chi connectivity index (χ1) is 8.97. The Labute approximate surface area is 110 Å². The molecule has 0 bridgehead atoms. The smallest absolute Gasteiger partial charge is 0.328 e. The molecule has 0 saturated carbocycles. The molecule has 0 fully saturated rings. The molecule has 2 aromatic rings. The monoisotopic (exact) mass is 284 g/mol. The molecule has 0 aliphatic carbocycles. The van der Waals surface area contributed by atoms with Crippen molar-refractivity contribution >= 4 is 23.4 Å². The highest BCUT2D eigenvalue weighted by atomic mass is 32.1. The molecule has 98 valence electrons. The molecule has 1 heterocycles. The summed E-state index contributed by atoms with van der Waals surface area (Å²) in [6.45, 7) is 0. The topological polar surface area (TPSA) is 37.3 Å². The summed E-state index contributed by atoms with van der Waals surface area (Å²) in [5, 5.41) is 8.47. The van der Waals surface area contributed by atoms with Gasteiger partial charge in [0.1, 0.15) is 5.82 Å². The maximum atomic E-state index is 13.5. The molecule has 0 amide bonds. The van der Waals surface area contributed by atoms with E-state index in [1.54, 1.807) is 6.07 Å². The molecule has 1 N–H and O–H groups in total. The standard InChI is InChI=1S/C13H7F3O2S/c14-7-5-9(13(16)10(15)6-7)11-3-1-8(19-11)2-4-12(17)18/h1-6H,(H,17,18)/b4-2+. The lowest BCUT2D eigenvalue weighted by Gasteiger charge is -2.01. The van der Waals surface area contributed by atoms with E-state index in [0.717, 1.165) is 23.5 Å². The van der Waals surface area contributed by atoms with Crippen molar-refractivity contribution in [1.29, 1.82) is 0 Å². The summed E-state index contributed by atoms with van der Waals surface area (Å²) in [6, 6.07) is 4.39. The van der Waals surface area contributed by atoms with Gasteiger partial charge in [0.15, 0.2) is 11.6 Å². The number of carboxylic acid groups (broad SMARTS) is 1. The van der Waals surface area contributed by atoms with E-state index >= 15 is 0 Å². The highest BCUT2D eigenvalue weighted by molar-refractivity contribution is 7.16. The van der Waals surface area contributed by atoms with Gasteiger partial charge in [0, 0.05) is 27.5 Å². The zero-order chi connectivity index (χ0) is 14.0. The van der Waals surface area contributed by atoms with Crippen LogP contribution in [0.1, 0.15) is 4.88 Å². The van der Waals surface area contributed by atoms with Gasteiger partial charge in [-0.1, -0.05) is 0 Å². The number of carboxylic acids is 1. The molecule has 0 spiro atoms. The third-order valence-electron chi connectivity index (χ3n) is 2.28. The van der Waals surface area contributed by atoms with E-state index in [9.17, 15) is 18.0 Å². The number of hydrogen-bond acceptors (Lipinski definition) is 2. The van der Waals surface area contributed by atoms with Crippen molar-refractivity contribution < 1.29 is 23.1 Å². The third kappa shape index (κ3) is 3.03. The molecule has 0 saturated heterocycles. The van der Waals surface area contributed by atoms with Gasteiger partial charge in [-0.15, -0.1) is 11.3 Å². The number of benzene rings is 1. The fourth-order valence-electron chi connectivity index (χ4n) is 1.48. The van der Waals surface area contributed by atoms with E-state index in [1.807, 2.05) is 0 Å². The van der Waals surface area contributed by atoms with Crippen LogP contribution in [-0.4, -0.2) is 11.1 Å². The second kappa shape index (κ2) is 5.27. The second-order valence-corrected chi connectivity index (χ2v) is 4.74. The summed E-state index contributed by atoms with van der Waals surface area (Å²) in [5.74, 6) is -4.37. The average Bonchev–Trinajstić information content (AvgIpc) is 2.79. The number of hydrogen-bond donors (Lipinski definition) is 1. The first-order valence-electron chi connectivity index (χ1n) is 5.13. The summed E-state index contributed by atoms with van der Waals surface area (Å²) in [4.78, 5) is 11.2. The van der Waals surface area contributed by atoms with Crippen LogP contribution in [0.25, 0.3) is 16.5 Å². The van der Waals surface area contributed by atoms with Crippen molar-refractivity contribution in [3.63, 3.8) is 0 Å². The van der Waals surface area contributed by atoms with Gasteiger partial charge in [-0.3, -0.25) is 0 Å². The van der Waals surface area contributed by atoms with Gasteiger partial charge < -0.3 is 5.11 Å². The quantitative estimate of drug-likeness (QED) is 0.685. The first-order valence-corrected chi connectivity index (χ1v) is 5.95. The van der Waals surface area contributed by atoms with Gasteiger partial charge in [-0.2, -0.15) is 0 Å². The molecule has 2 rings (SSSR count). The minimum Gasteiger partial charge on any atom is -0.478 e. The molecular weight excluding hydrogens is 277 g/mol. The minimum absolute atomic E-state index is 0.183. The maximum absolute atomic E-state index is 13.5. The van der Waals surface area contributed by atoms with Crippen molar-refractivity contribution in [1.82, 2.24) is 0 Å². The summed E-state index contributed by atoms with van der Waals surface area (Å²) in [6.07, 6.45) is 2.25. The molecule has 6 heteroatoms. The molecular formula is C13H7F3O2S. The molecule has 0 atom stereocenters. The molecule has 2 nitrogen and oxygen atoms in total. The molecule has 0 aliphatic heterocycles. The van der Waals surface area contributed by atoms with E-state index in [2.05, 4.69) is 0 Å². The Balaban J connectivity index is 2.41. The lowest BCUT2D eigenvalue weighted by Crippen LogP contribution is -1.90. The number of halogens is 3. The Hall–Kier alpha value is -2.08. The predicted octanol–water partition coefficient (Wildman–Crippen LogP) is 3.93. The van der Waals surface area contributed by atoms with Gasteiger partial charge in [0.25, 0.3) is 0 Å². The number of aliphatic carboxylic acids is 1. The van der Waals surface area contributed by atoms with Crippen LogP contribution in [0.2, 0.25) is 0 Å². The van der Waals surface area contributed by atoms with Crippen LogP contribution in [-0.2, 0) is 4.79 Å². The van der Waals surface area contributed by atoms with Crippen LogP contribution >= 0.6 is 11.3 Å². The lowest BCUT2D eigenvalue weighted by molar-refractivity contribution is -0.131. The summed E-state index contributed by atoms with van der Waals surface area (Å²) >= 11 is 1.04. The van der Waals surface area contributed by atoms with E-state index in [0.29, 0.717) is 15.8 Å². The van der Waals surface area contributed by atoms with Crippen LogP contribution in [0.3, 0.4) is 0 Å². The van der Waals surface area contributed by atoms with Gasteiger partial charge in [-0.05, 0) is 24.3 Å². The predicted molar refractivity (Wildman–Crippen MR) is 66.3 cm³/mol. The van der Waals surface area contributed by atoms with Crippen molar-refractivity contribution in [2.75, 3.05) is 0 Å². The van der Waals surface area contributed by atoms with Crippen LogP contribution in [0.4, 0.5) is 13.2 Å². The van der Waals surface area contributed by atoms with E-state index in [1.165, 1.54) is 12.1 Å². The molecule has 0 aliphatic rings. The Morgan fingerprint density at radius 3 is 2.63 bits per heavy atom. The highest BCUT2D eigenvalue weighted by Crippen LogP contribution is 2.32. The van der Waals surface area contributed by atoms with Crippen molar-refractivity contribution in [2.24, 2.45) is 0 Å². The van der Waals surface area contributed by atoms with E-state index < -0.39 is 23.4 Å². The SMILES string of the molecule is O=C(O)/C=C/c1ccc(-c2cc(F)cc(F)c2F)s1. The van der Waals surface area contributed by atoms with E-state index in [4.69, 9.17) is 5.11 Å². The minimum atomic E-state index is -1.26. The van der Waals surface area contributed by atoms with Crippen molar-refractivity contribution in [3.8, 4) is 10.4 Å². The molecule has 19 heavy (non-hydrogen) atoms. The summed E-state index contributed by atoms with van der Waals surface area (Å²) < 4.78 is 39.7. The Kier molecular flexibility index (Phi) is 3.71. The summed E-state index contributed by atoms with van der Waals surface area (Å²) in [5.41, 5.74) is -0.183. The zero-order valence-electron chi connectivity index (χ0n) is 9.36. The van der Waals surface area contributed by atoms with Gasteiger partial charge in [-0.25, -0.2) is 18.0 Å². The Morgan fingerprint density at radius 1 is 1.21 bits per heavy atom. The number of rotatable bonds is 3. The second-order valence-electron chi connectivity index (χ2n) is 3.62. The molecule has 0 unspecified atom stereocenters. The van der Waals surface area contributed by atoms with Crippen molar-refractivity contribution in [3.05, 3.63) is 52.7 Å².